The highest BCUT2D eigenvalue weighted by Gasteiger charge is 2.15. The molecule has 0 fully saturated rings. The van der Waals surface area contributed by atoms with E-state index in [1.165, 1.54) is 11.1 Å². The van der Waals surface area contributed by atoms with Crippen LogP contribution in [0.5, 0.6) is 0 Å². The first-order valence-electron chi connectivity index (χ1n) is 6.39. The highest BCUT2D eigenvalue weighted by Crippen LogP contribution is 2.33. The summed E-state index contributed by atoms with van der Waals surface area (Å²) >= 11 is 6.59. The van der Waals surface area contributed by atoms with Gasteiger partial charge < -0.3 is 4.42 Å². The van der Waals surface area contributed by atoms with Crippen LogP contribution in [0.15, 0.2) is 45.6 Å². The number of aryl methyl sites for hydroxylation is 1. The molecule has 1 heterocycles. The number of rotatable bonds is 2. The molecule has 3 nitrogen and oxygen atoms in total. The molecule has 0 aliphatic heterocycles. The molecule has 20 heavy (non-hydrogen) atoms. The molecule has 0 saturated carbocycles. The normalized spacial score (nSPS) is 12.8. The van der Waals surface area contributed by atoms with Gasteiger partial charge in [0.15, 0.2) is 5.58 Å². The second-order valence-electron chi connectivity index (χ2n) is 4.92. The number of alkyl halides is 1. The first-order valence-corrected chi connectivity index (χ1v) is 6.83. The SMILES string of the molecule is Cc1cccc(C(Cl)c2ccc3[nH]c(=O)oc3c2)c1C. The Morgan fingerprint density at radius 1 is 1.20 bits per heavy atom. The summed E-state index contributed by atoms with van der Waals surface area (Å²) in [6.07, 6.45) is 0. The summed E-state index contributed by atoms with van der Waals surface area (Å²) in [5.41, 5.74) is 5.59. The van der Waals surface area contributed by atoms with Gasteiger partial charge in [0, 0.05) is 0 Å². The van der Waals surface area contributed by atoms with Crippen molar-refractivity contribution in [1.29, 1.82) is 0 Å². The topological polar surface area (TPSA) is 46.0 Å². The van der Waals surface area contributed by atoms with Crippen LogP contribution in [0.4, 0.5) is 0 Å². The molecule has 0 bridgehead atoms. The summed E-state index contributed by atoms with van der Waals surface area (Å²) in [7, 11) is 0. The van der Waals surface area contributed by atoms with Gasteiger partial charge in [-0.05, 0) is 48.2 Å². The number of hydrogen-bond donors (Lipinski definition) is 1. The zero-order valence-electron chi connectivity index (χ0n) is 11.2. The lowest BCUT2D eigenvalue weighted by Crippen LogP contribution is -1.97. The smallest absolute Gasteiger partial charge is 0.408 e. The Hall–Kier alpha value is -2.00. The van der Waals surface area contributed by atoms with Gasteiger partial charge >= 0.3 is 5.76 Å². The van der Waals surface area contributed by atoms with E-state index >= 15 is 0 Å². The van der Waals surface area contributed by atoms with Crippen molar-refractivity contribution in [3.05, 3.63) is 69.2 Å². The molecule has 4 heteroatoms. The van der Waals surface area contributed by atoms with E-state index in [0.717, 1.165) is 11.1 Å². The third-order valence-electron chi connectivity index (χ3n) is 3.66. The minimum absolute atomic E-state index is 0.264. The number of aromatic nitrogens is 1. The van der Waals surface area contributed by atoms with Gasteiger partial charge in [-0.2, -0.15) is 0 Å². The maximum atomic E-state index is 11.2. The summed E-state index contributed by atoms with van der Waals surface area (Å²) in [5, 5.41) is -0.264. The first kappa shape index (κ1) is 13.0. The van der Waals surface area contributed by atoms with Gasteiger partial charge in [-0.25, -0.2) is 4.79 Å². The molecule has 0 amide bonds. The van der Waals surface area contributed by atoms with E-state index in [-0.39, 0.29) is 5.38 Å². The summed E-state index contributed by atoms with van der Waals surface area (Å²) in [4.78, 5) is 13.8. The number of aromatic amines is 1. The van der Waals surface area contributed by atoms with E-state index in [2.05, 4.69) is 24.9 Å². The quantitative estimate of drug-likeness (QED) is 0.722. The monoisotopic (exact) mass is 287 g/mol. The van der Waals surface area contributed by atoms with Crippen molar-refractivity contribution in [1.82, 2.24) is 4.98 Å². The molecule has 0 aliphatic rings. The van der Waals surface area contributed by atoms with Crippen molar-refractivity contribution in [2.75, 3.05) is 0 Å². The highest BCUT2D eigenvalue weighted by molar-refractivity contribution is 6.22. The van der Waals surface area contributed by atoms with Gasteiger partial charge in [0.05, 0.1) is 10.9 Å². The number of H-pyrrole nitrogens is 1. The average molecular weight is 288 g/mol. The second kappa shape index (κ2) is 4.84. The molecule has 3 aromatic rings. The zero-order chi connectivity index (χ0) is 14.3. The lowest BCUT2D eigenvalue weighted by molar-refractivity contribution is 0.555. The fraction of sp³-hybridized carbons (Fsp3) is 0.188. The van der Waals surface area contributed by atoms with Gasteiger partial charge in [-0.1, -0.05) is 24.3 Å². The lowest BCUT2D eigenvalue weighted by atomic mass is 9.97. The number of halogens is 1. The predicted molar refractivity (Wildman–Crippen MR) is 80.4 cm³/mol. The van der Waals surface area contributed by atoms with Gasteiger partial charge in [0.25, 0.3) is 0 Å². The maximum absolute atomic E-state index is 11.2. The average Bonchev–Trinajstić information content (AvgIpc) is 2.80. The van der Waals surface area contributed by atoms with Crippen LogP contribution in [0.25, 0.3) is 11.1 Å². The summed E-state index contributed by atoms with van der Waals surface area (Å²) < 4.78 is 5.08. The number of fused-ring (bicyclic) bond motifs is 1. The minimum atomic E-state index is -0.449. The summed E-state index contributed by atoms with van der Waals surface area (Å²) in [6, 6.07) is 11.6. The third-order valence-corrected chi connectivity index (χ3v) is 4.14. The molecule has 1 atom stereocenters. The van der Waals surface area contributed by atoms with Crippen molar-refractivity contribution in [3.8, 4) is 0 Å². The van der Waals surface area contributed by atoms with Crippen molar-refractivity contribution >= 4 is 22.7 Å². The highest BCUT2D eigenvalue weighted by atomic mass is 35.5. The van der Waals surface area contributed by atoms with Gasteiger partial charge in [0.1, 0.15) is 0 Å². The molecule has 1 unspecified atom stereocenters. The fourth-order valence-corrected chi connectivity index (χ4v) is 2.72. The fourth-order valence-electron chi connectivity index (χ4n) is 2.35. The van der Waals surface area contributed by atoms with Crippen LogP contribution in [0, 0.1) is 13.8 Å². The Labute approximate surface area is 121 Å². The summed E-state index contributed by atoms with van der Waals surface area (Å²) in [6.45, 7) is 4.13. The van der Waals surface area contributed by atoms with Crippen LogP contribution >= 0.6 is 11.6 Å². The number of oxazole rings is 1. The molecular formula is C16H14ClNO2. The van der Waals surface area contributed by atoms with E-state index < -0.39 is 5.76 Å². The lowest BCUT2D eigenvalue weighted by Gasteiger charge is -2.14. The van der Waals surface area contributed by atoms with Crippen molar-refractivity contribution in [2.45, 2.75) is 19.2 Å². The largest absolute Gasteiger partial charge is 0.417 e. The number of nitrogens with one attached hydrogen (secondary N) is 1. The van der Waals surface area contributed by atoms with Crippen LogP contribution < -0.4 is 5.76 Å². The Morgan fingerprint density at radius 2 is 2.00 bits per heavy atom. The third kappa shape index (κ3) is 2.14. The molecule has 1 N–H and O–H groups in total. The van der Waals surface area contributed by atoms with E-state index in [1.807, 2.05) is 30.3 Å². The van der Waals surface area contributed by atoms with Crippen LogP contribution in [-0.4, -0.2) is 4.98 Å². The van der Waals surface area contributed by atoms with E-state index in [1.54, 1.807) is 0 Å². The van der Waals surface area contributed by atoms with Crippen LogP contribution in [-0.2, 0) is 0 Å². The Bertz CT molecular complexity index is 832. The van der Waals surface area contributed by atoms with Crippen LogP contribution in [0.3, 0.4) is 0 Å². The van der Waals surface area contributed by atoms with Crippen LogP contribution in [0.1, 0.15) is 27.6 Å². The molecular weight excluding hydrogens is 274 g/mol. The number of hydrogen-bond acceptors (Lipinski definition) is 2. The van der Waals surface area contributed by atoms with E-state index in [0.29, 0.717) is 11.1 Å². The predicted octanol–water partition coefficient (Wildman–Crippen LogP) is 4.07. The minimum Gasteiger partial charge on any atom is -0.408 e. The van der Waals surface area contributed by atoms with Gasteiger partial charge in [0.2, 0.25) is 0 Å². The Balaban J connectivity index is 2.09. The molecule has 1 aromatic heterocycles. The Morgan fingerprint density at radius 3 is 2.80 bits per heavy atom. The molecule has 0 aliphatic carbocycles. The van der Waals surface area contributed by atoms with Crippen molar-refractivity contribution in [3.63, 3.8) is 0 Å². The van der Waals surface area contributed by atoms with E-state index in [9.17, 15) is 4.79 Å². The zero-order valence-corrected chi connectivity index (χ0v) is 12.0. The van der Waals surface area contributed by atoms with Crippen LogP contribution in [0.2, 0.25) is 0 Å². The Kier molecular flexibility index (Phi) is 3.14. The molecule has 0 radical (unpaired) electrons. The molecule has 0 spiro atoms. The molecule has 0 saturated heterocycles. The molecule has 2 aromatic carbocycles. The second-order valence-corrected chi connectivity index (χ2v) is 5.36. The molecule has 102 valence electrons. The van der Waals surface area contributed by atoms with Gasteiger partial charge in [-0.15, -0.1) is 11.6 Å². The maximum Gasteiger partial charge on any atom is 0.417 e. The van der Waals surface area contributed by atoms with Crippen molar-refractivity contribution in [2.24, 2.45) is 0 Å². The number of benzene rings is 2. The first-order chi connectivity index (χ1) is 9.56. The standard InChI is InChI=1S/C16H14ClNO2/c1-9-4-3-5-12(10(9)2)15(17)11-6-7-13-14(8-11)20-16(19)18-13/h3-8,15H,1-2H3,(H,18,19). The molecule has 3 rings (SSSR count). The van der Waals surface area contributed by atoms with Crippen molar-refractivity contribution < 1.29 is 4.42 Å². The van der Waals surface area contributed by atoms with Gasteiger partial charge in [-0.3, -0.25) is 4.98 Å². The van der Waals surface area contributed by atoms with E-state index in [4.69, 9.17) is 16.0 Å². The summed E-state index contributed by atoms with van der Waals surface area (Å²) in [5.74, 6) is -0.449.